The number of carbonyl (C=O) groups is 2. The number of aromatic nitrogens is 2. The Kier molecular flexibility index (Phi) is 6.40. The van der Waals surface area contributed by atoms with Crippen molar-refractivity contribution in [3.05, 3.63) is 76.3 Å². The number of nitrogens with one attached hydrogen (secondary N) is 1. The van der Waals surface area contributed by atoms with Crippen molar-refractivity contribution in [3.8, 4) is 0 Å². The van der Waals surface area contributed by atoms with Crippen molar-refractivity contribution in [1.82, 2.24) is 19.8 Å². The van der Waals surface area contributed by atoms with Gasteiger partial charge in [-0.3, -0.25) is 19.0 Å². The molecular weight excluding hydrogens is 392 g/mol. The summed E-state index contributed by atoms with van der Waals surface area (Å²) >= 11 is 0. The van der Waals surface area contributed by atoms with Crippen LogP contribution in [0.15, 0.2) is 59.7 Å². The Balaban J connectivity index is 1.18. The highest BCUT2D eigenvalue weighted by Crippen LogP contribution is 2.19. The lowest BCUT2D eigenvalue weighted by molar-refractivity contribution is -0.132. The number of nitrogens with zero attached hydrogens (tertiary/aromatic N) is 3. The molecule has 1 aromatic heterocycles. The molecule has 3 aromatic rings. The van der Waals surface area contributed by atoms with E-state index < -0.39 is 0 Å². The normalized spacial score (nSPS) is 13.1. The molecule has 1 aliphatic rings. The molecule has 0 unspecified atom stereocenters. The minimum Gasteiger partial charge on any atom is -0.356 e. The molecule has 2 heterocycles. The standard InChI is InChI=1S/C24H26N4O3/c29-22(12-15-28-17-26-21-9-4-3-8-20(21)24(28)31)25-13-5-10-23(30)27-14-11-18-6-1-2-7-19(18)16-27/h1-4,6-9,17H,5,10-16H2,(H,25,29). The minimum atomic E-state index is -0.146. The summed E-state index contributed by atoms with van der Waals surface area (Å²) in [5.74, 6) is -0.0167. The lowest BCUT2D eigenvalue weighted by Gasteiger charge is -2.29. The van der Waals surface area contributed by atoms with Crippen molar-refractivity contribution in [2.24, 2.45) is 0 Å². The molecule has 7 heteroatoms. The Morgan fingerprint density at radius 1 is 1.00 bits per heavy atom. The van der Waals surface area contributed by atoms with Crippen molar-refractivity contribution in [2.45, 2.75) is 38.8 Å². The largest absolute Gasteiger partial charge is 0.356 e. The number of fused-ring (bicyclic) bond motifs is 2. The van der Waals surface area contributed by atoms with Crippen LogP contribution in [0.2, 0.25) is 0 Å². The summed E-state index contributed by atoms with van der Waals surface area (Å²) in [5.41, 5.74) is 3.04. The number of para-hydroxylation sites is 1. The predicted molar refractivity (Wildman–Crippen MR) is 118 cm³/mol. The summed E-state index contributed by atoms with van der Waals surface area (Å²) in [5, 5.41) is 3.38. The van der Waals surface area contributed by atoms with Gasteiger partial charge in [0.1, 0.15) is 0 Å². The van der Waals surface area contributed by atoms with E-state index in [0.717, 1.165) is 13.0 Å². The van der Waals surface area contributed by atoms with Gasteiger partial charge >= 0.3 is 0 Å². The van der Waals surface area contributed by atoms with E-state index in [0.29, 0.717) is 36.8 Å². The Bertz CT molecular complexity index is 1150. The van der Waals surface area contributed by atoms with Crippen molar-refractivity contribution in [1.29, 1.82) is 0 Å². The number of aryl methyl sites for hydroxylation is 1. The molecule has 0 saturated carbocycles. The third kappa shape index (κ3) is 4.99. The number of hydrogen-bond acceptors (Lipinski definition) is 4. The smallest absolute Gasteiger partial charge is 0.261 e. The van der Waals surface area contributed by atoms with E-state index in [-0.39, 0.29) is 30.3 Å². The Morgan fingerprint density at radius 2 is 1.77 bits per heavy atom. The van der Waals surface area contributed by atoms with Gasteiger partial charge in [0.25, 0.3) is 5.56 Å². The zero-order valence-corrected chi connectivity index (χ0v) is 17.4. The van der Waals surface area contributed by atoms with E-state index >= 15 is 0 Å². The number of rotatable bonds is 7. The topological polar surface area (TPSA) is 84.3 Å². The van der Waals surface area contributed by atoms with Gasteiger partial charge in [0, 0.05) is 39.0 Å². The molecule has 2 amide bonds. The van der Waals surface area contributed by atoms with E-state index in [1.165, 1.54) is 22.0 Å². The van der Waals surface area contributed by atoms with Crippen LogP contribution in [0.1, 0.15) is 30.4 Å². The van der Waals surface area contributed by atoms with Crippen LogP contribution in [0.25, 0.3) is 10.9 Å². The summed E-state index contributed by atoms with van der Waals surface area (Å²) < 4.78 is 1.46. The van der Waals surface area contributed by atoms with E-state index in [1.807, 2.05) is 23.1 Å². The van der Waals surface area contributed by atoms with Gasteiger partial charge in [-0.05, 0) is 36.1 Å². The van der Waals surface area contributed by atoms with Gasteiger partial charge in [-0.15, -0.1) is 0 Å². The van der Waals surface area contributed by atoms with Gasteiger partial charge in [0.2, 0.25) is 11.8 Å². The molecular formula is C24H26N4O3. The van der Waals surface area contributed by atoms with Crippen LogP contribution < -0.4 is 10.9 Å². The van der Waals surface area contributed by atoms with E-state index in [9.17, 15) is 14.4 Å². The molecule has 0 aliphatic carbocycles. The number of amides is 2. The van der Waals surface area contributed by atoms with Crippen LogP contribution in [0.5, 0.6) is 0 Å². The summed E-state index contributed by atoms with van der Waals surface area (Å²) in [6.07, 6.45) is 3.57. The fraction of sp³-hybridized carbons (Fsp3) is 0.333. The monoisotopic (exact) mass is 418 g/mol. The molecule has 160 valence electrons. The molecule has 7 nitrogen and oxygen atoms in total. The zero-order valence-electron chi connectivity index (χ0n) is 17.4. The van der Waals surface area contributed by atoms with Crippen LogP contribution in [-0.2, 0) is 29.1 Å². The highest BCUT2D eigenvalue weighted by molar-refractivity contribution is 5.78. The number of carbonyl (C=O) groups excluding carboxylic acids is 2. The van der Waals surface area contributed by atoms with Crippen molar-refractivity contribution >= 4 is 22.7 Å². The molecule has 31 heavy (non-hydrogen) atoms. The lowest BCUT2D eigenvalue weighted by atomic mass is 9.99. The molecule has 1 aliphatic heterocycles. The number of hydrogen-bond donors (Lipinski definition) is 1. The minimum absolute atomic E-state index is 0.123. The third-order valence-electron chi connectivity index (χ3n) is 5.68. The van der Waals surface area contributed by atoms with Crippen LogP contribution >= 0.6 is 0 Å². The number of benzene rings is 2. The van der Waals surface area contributed by atoms with Gasteiger partial charge in [-0.1, -0.05) is 36.4 Å². The Morgan fingerprint density at radius 3 is 2.65 bits per heavy atom. The maximum atomic E-state index is 12.5. The maximum absolute atomic E-state index is 12.5. The van der Waals surface area contributed by atoms with Gasteiger partial charge < -0.3 is 10.2 Å². The highest BCUT2D eigenvalue weighted by Gasteiger charge is 2.19. The average Bonchev–Trinajstić information content (AvgIpc) is 2.81. The van der Waals surface area contributed by atoms with E-state index in [2.05, 4.69) is 22.4 Å². The van der Waals surface area contributed by atoms with Gasteiger partial charge in [-0.25, -0.2) is 4.98 Å². The van der Waals surface area contributed by atoms with E-state index in [4.69, 9.17) is 0 Å². The predicted octanol–water partition coefficient (Wildman–Crippen LogP) is 2.27. The highest BCUT2D eigenvalue weighted by atomic mass is 16.2. The Labute approximate surface area is 180 Å². The second-order valence-electron chi connectivity index (χ2n) is 7.80. The molecule has 0 fully saturated rings. The van der Waals surface area contributed by atoms with Crippen LogP contribution in [0, 0.1) is 0 Å². The van der Waals surface area contributed by atoms with Crippen LogP contribution in [0.3, 0.4) is 0 Å². The van der Waals surface area contributed by atoms with Crippen molar-refractivity contribution < 1.29 is 9.59 Å². The van der Waals surface area contributed by atoms with Crippen LogP contribution in [-0.4, -0.2) is 39.4 Å². The molecule has 1 N–H and O–H groups in total. The van der Waals surface area contributed by atoms with Gasteiger partial charge in [0.15, 0.2) is 0 Å². The van der Waals surface area contributed by atoms with Crippen LogP contribution in [0.4, 0.5) is 0 Å². The first-order chi connectivity index (χ1) is 15.1. The average molecular weight is 418 g/mol. The fourth-order valence-electron chi connectivity index (χ4n) is 3.91. The second-order valence-corrected chi connectivity index (χ2v) is 7.80. The lowest BCUT2D eigenvalue weighted by Crippen LogP contribution is -2.36. The van der Waals surface area contributed by atoms with Crippen molar-refractivity contribution in [2.75, 3.05) is 13.1 Å². The summed E-state index contributed by atoms with van der Waals surface area (Å²) in [7, 11) is 0. The SMILES string of the molecule is O=C(CCn1cnc2ccccc2c1=O)NCCCC(=O)N1CCc2ccccc2C1. The first-order valence-electron chi connectivity index (χ1n) is 10.7. The third-order valence-corrected chi connectivity index (χ3v) is 5.68. The summed E-state index contributed by atoms with van der Waals surface area (Å²) in [6.45, 7) is 2.13. The Hall–Kier alpha value is -3.48. The summed E-state index contributed by atoms with van der Waals surface area (Å²) in [6, 6.07) is 15.4. The van der Waals surface area contributed by atoms with Crippen molar-refractivity contribution in [3.63, 3.8) is 0 Å². The maximum Gasteiger partial charge on any atom is 0.261 e. The molecule has 0 atom stereocenters. The van der Waals surface area contributed by atoms with Gasteiger partial charge in [0.05, 0.1) is 17.2 Å². The first-order valence-corrected chi connectivity index (χ1v) is 10.7. The fourth-order valence-corrected chi connectivity index (χ4v) is 3.91. The van der Waals surface area contributed by atoms with Gasteiger partial charge in [-0.2, -0.15) is 0 Å². The van der Waals surface area contributed by atoms with E-state index in [1.54, 1.807) is 18.2 Å². The summed E-state index contributed by atoms with van der Waals surface area (Å²) in [4.78, 5) is 43.2. The molecule has 0 spiro atoms. The molecule has 0 radical (unpaired) electrons. The quantitative estimate of drug-likeness (QED) is 0.597. The molecule has 0 saturated heterocycles. The molecule has 4 rings (SSSR count). The molecule has 2 aromatic carbocycles. The second kappa shape index (κ2) is 9.55. The molecule has 0 bridgehead atoms. The first kappa shape index (κ1) is 20.8. The zero-order chi connectivity index (χ0) is 21.6.